The standard InChI is InChI=1S/C8H6O6/c1-4(9)13-6-3-2-5(7(10)11)14-8(6)12/h2-3H,1H3,(H,10,11). The Balaban J connectivity index is 3.08. The normalized spacial score (nSPS) is 9.50. The fraction of sp³-hybridized carbons (Fsp3) is 0.125. The van der Waals surface area contributed by atoms with Crippen molar-refractivity contribution in [2.75, 3.05) is 0 Å². The highest BCUT2D eigenvalue weighted by Gasteiger charge is 2.11. The number of aromatic carboxylic acids is 1. The molecule has 1 aromatic rings. The van der Waals surface area contributed by atoms with Crippen LogP contribution in [-0.2, 0) is 4.79 Å². The van der Waals surface area contributed by atoms with E-state index in [4.69, 9.17) is 5.11 Å². The summed E-state index contributed by atoms with van der Waals surface area (Å²) in [4.78, 5) is 31.8. The van der Waals surface area contributed by atoms with Crippen LogP contribution in [0.1, 0.15) is 17.5 Å². The van der Waals surface area contributed by atoms with Gasteiger partial charge in [0.1, 0.15) is 0 Å². The van der Waals surface area contributed by atoms with Crippen LogP contribution in [0.5, 0.6) is 5.75 Å². The highest BCUT2D eigenvalue weighted by Crippen LogP contribution is 2.05. The Morgan fingerprint density at radius 1 is 1.43 bits per heavy atom. The summed E-state index contributed by atoms with van der Waals surface area (Å²) in [5.41, 5.74) is -1.000. The Morgan fingerprint density at radius 2 is 2.07 bits per heavy atom. The number of carboxylic acid groups (broad SMARTS) is 1. The molecule has 0 aliphatic carbocycles. The topological polar surface area (TPSA) is 93.8 Å². The average Bonchev–Trinajstić information content (AvgIpc) is 2.07. The third kappa shape index (κ3) is 2.19. The zero-order valence-electron chi connectivity index (χ0n) is 7.14. The maximum Gasteiger partial charge on any atom is 0.380 e. The van der Waals surface area contributed by atoms with E-state index >= 15 is 0 Å². The number of hydrogen-bond acceptors (Lipinski definition) is 5. The molecule has 1 heterocycles. The van der Waals surface area contributed by atoms with Crippen LogP contribution in [0, 0.1) is 0 Å². The second kappa shape index (κ2) is 3.73. The lowest BCUT2D eigenvalue weighted by Crippen LogP contribution is -2.12. The second-order valence-electron chi connectivity index (χ2n) is 2.35. The quantitative estimate of drug-likeness (QED) is 0.685. The molecule has 6 heteroatoms. The van der Waals surface area contributed by atoms with E-state index in [1.807, 2.05) is 0 Å². The monoisotopic (exact) mass is 198 g/mol. The molecule has 1 N–H and O–H groups in total. The van der Waals surface area contributed by atoms with Gasteiger partial charge >= 0.3 is 17.6 Å². The van der Waals surface area contributed by atoms with Crippen LogP contribution in [0.2, 0.25) is 0 Å². The summed E-state index contributed by atoms with van der Waals surface area (Å²) in [6, 6.07) is 2.10. The highest BCUT2D eigenvalue weighted by molar-refractivity contribution is 5.84. The SMILES string of the molecule is CC(=O)Oc1ccc(C(=O)O)oc1=O. The van der Waals surface area contributed by atoms with Crippen molar-refractivity contribution in [2.45, 2.75) is 6.92 Å². The zero-order valence-corrected chi connectivity index (χ0v) is 7.14. The fourth-order valence-electron chi connectivity index (χ4n) is 0.749. The highest BCUT2D eigenvalue weighted by atomic mass is 16.5. The van der Waals surface area contributed by atoms with Crippen molar-refractivity contribution in [1.29, 1.82) is 0 Å². The number of rotatable bonds is 2. The van der Waals surface area contributed by atoms with Crippen molar-refractivity contribution in [3.63, 3.8) is 0 Å². The van der Waals surface area contributed by atoms with Gasteiger partial charge in [-0.15, -0.1) is 0 Å². The van der Waals surface area contributed by atoms with Crippen molar-refractivity contribution >= 4 is 11.9 Å². The first kappa shape index (κ1) is 9.97. The van der Waals surface area contributed by atoms with Gasteiger partial charge in [-0.25, -0.2) is 9.59 Å². The molecule has 0 aliphatic heterocycles. The molecule has 74 valence electrons. The largest absolute Gasteiger partial charge is 0.475 e. The van der Waals surface area contributed by atoms with E-state index in [1.165, 1.54) is 0 Å². The Morgan fingerprint density at radius 3 is 2.50 bits per heavy atom. The molecule has 0 atom stereocenters. The third-order valence-electron chi connectivity index (χ3n) is 1.25. The number of carboxylic acids is 1. The van der Waals surface area contributed by atoms with E-state index in [1.54, 1.807) is 0 Å². The molecule has 0 aliphatic rings. The number of carbonyl (C=O) groups excluding carboxylic acids is 1. The molecule has 14 heavy (non-hydrogen) atoms. The van der Waals surface area contributed by atoms with Gasteiger partial charge < -0.3 is 14.3 Å². The van der Waals surface area contributed by atoms with Crippen LogP contribution in [0.15, 0.2) is 21.3 Å². The molecule has 0 radical (unpaired) electrons. The summed E-state index contributed by atoms with van der Waals surface area (Å²) in [5, 5.41) is 8.44. The molecule has 0 saturated carbocycles. The predicted molar refractivity (Wildman–Crippen MR) is 43.2 cm³/mol. The lowest BCUT2D eigenvalue weighted by Gasteiger charge is -1.98. The molecule has 0 spiro atoms. The van der Waals surface area contributed by atoms with E-state index < -0.39 is 23.3 Å². The van der Waals surface area contributed by atoms with Crippen molar-refractivity contribution < 1.29 is 23.8 Å². The zero-order chi connectivity index (χ0) is 10.7. The van der Waals surface area contributed by atoms with Crippen molar-refractivity contribution in [3.8, 4) is 5.75 Å². The molecule has 0 bridgehead atoms. The number of ether oxygens (including phenoxy) is 1. The van der Waals surface area contributed by atoms with Gasteiger partial charge in [0.15, 0.2) is 0 Å². The van der Waals surface area contributed by atoms with E-state index in [2.05, 4.69) is 9.15 Å². The van der Waals surface area contributed by atoms with Gasteiger partial charge in [0, 0.05) is 6.92 Å². The Kier molecular flexibility index (Phi) is 2.66. The van der Waals surface area contributed by atoms with Gasteiger partial charge in [-0.2, -0.15) is 0 Å². The van der Waals surface area contributed by atoms with Crippen LogP contribution in [-0.4, -0.2) is 17.0 Å². The molecule has 0 fully saturated rings. The van der Waals surface area contributed by atoms with Crippen LogP contribution in [0.3, 0.4) is 0 Å². The smallest absolute Gasteiger partial charge is 0.380 e. The lowest BCUT2D eigenvalue weighted by atomic mass is 10.4. The van der Waals surface area contributed by atoms with Gasteiger partial charge in [0.2, 0.25) is 11.5 Å². The van der Waals surface area contributed by atoms with E-state index in [-0.39, 0.29) is 5.75 Å². The molecule has 0 unspecified atom stereocenters. The molecule has 6 nitrogen and oxygen atoms in total. The summed E-state index contributed by atoms with van der Waals surface area (Å²) in [5.74, 6) is -2.88. The van der Waals surface area contributed by atoms with Crippen molar-refractivity contribution in [3.05, 3.63) is 28.3 Å². The minimum Gasteiger partial charge on any atom is -0.475 e. The van der Waals surface area contributed by atoms with E-state index in [9.17, 15) is 14.4 Å². The summed E-state index contributed by atoms with van der Waals surface area (Å²) < 4.78 is 8.78. The fourth-order valence-corrected chi connectivity index (χ4v) is 0.749. The predicted octanol–water partition coefficient (Wildman–Crippen LogP) is 0.263. The second-order valence-corrected chi connectivity index (χ2v) is 2.35. The van der Waals surface area contributed by atoms with Crippen molar-refractivity contribution in [1.82, 2.24) is 0 Å². The Bertz CT molecular complexity index is 430. The number of esters is 1. The maximum atomic E-state index is 11.0. The van der Waals surface area contributed by atoms with Gasteiger partial charge in [-0.1, -0.05) is 0 Å². The molecule has 1 aromatic heterocycles. The van der Waals surface area contributed by atoms with Gasteiger partial charge in [0.05, 0.1) is 0 Å². The Labute approximate surface area is 77.7 Å². The molecular formula is C8H6O6. The van der Waals surface area contributed by atoms with Crippen LogP contribution >= 0.6 is 0 Å². The van der Waals surface area contributed by atoms with Crippen LogP contribution in [0.25, 0.3) is 0 Å². The Hall–Kier alpha value is -2.11. The summed E-state index contributed by atoms with van der Waals surface area (Å²) in [6.07, 6.45) is 0. The third-order valence-corrected chi connectivity index (χ3v) is 1.25. The molecule has 0 saturated heterocycles. The minimum absolute atomic E-state index is 0.331. The van der Waals surface area contributed by atoms with Crippen LogP contribution < -0.4 is 10.4 Å². The minimum atomic E-state index is -1.36. The first-order valence-electron chi connectivity index (χ1n) is 3.56. The summed E-state index contributed by atoms with van der Waals surface area (Å²) >= 11 is 0. The van der Waals surface area contributed by atoms with Gasteiger partial charge in [-0.3, -0.25) is 4.79 Å². The molecule has 0 aromatic carbocycles. The van der Waals surface area contributed by atoms with Crippen LogP contribution in [0.4, 0.5) is 0 Å². The van der Waals surface area contributed by atoms with Crippen molar-refractivity contribution in [2.24, 2.45) is 0 Å². The molecule has 1 rings (SSSR count). The number of carbonyl (C=O) groups is 2. The van der Waals surface area contributed by atoms with Gasteiger partial charge in [0.25, 0.3) is 0 Å². The van der Waals surface area contributed by atoms with E-state index in [0.717, 1.165) is 19.1 Å². The first-order chi connectivity index (χ1) is 6.50. The van der Waals surface area contributed by atoms with Gasteiger partial charge in [-0.05, 0) is 12.1 Å². The first-order valence-corrected chi connectivity index (χ1v) is 3.56. The van der Waals surface area contributed by atoms with E-state index in [0.29, 0.717) is 0 Å². The molecule has 0 amide bonds. The lowest BCUT2D eigenvalue weighted by molar-refractivity contribution is -0.132. The molecular weight excluding hydrogens is 192 g/mol. The average molecular weight is 198 g/mol. The number of hydrogen-bond donors (Lipinski definition) is 1. The summed E-state index contributed by atoms with van der Waals surface area (Å²) in [7, 11) is 0. The summed E-state index contributed by atoms with van der Waals surface area (Å²) in [6.45, 7) is 1.12. The maximum absolute atomic E-state index is 11.0.